The first-order valence-electron chi connectivity index (χ1n) is 10.5. The topological polar surface area (TPSA) is 65.8 Å². The van der Waals surface area contributed by atoms with E-state index in [4.69, 9.17) is 11.6 Å². The predicted octanol–water partition coefficient (Wildman–Crippen LogP) is 3.96. The van der Waals surface area contributed by atoms with Crippen LogP contribution in [0, 0.1) is 5.41 Å². The lowest BCUT2D eigenvalue weighted by Crippen LogP contribution is -2.71. The van der Waals surface area contributed by atoms with E-state index in [2.05, 4.69) is 27.3 Å². The highest BCUT2D eigenvalue weighted by Gasteiger charge is 2.52. The Labute approximate surface area is 193 Å². The highest BCUT2D eigenvalue weighted by atomic mass is 35.5. The summed E-state index contributed by atoms with van der Waals surface area (Å²) in [5.74, 6) is 0.244. The number of anilines is 1. The van der Waals surface area contributed by atoms with Crippen molar-refractivity contribution in [1.29, 1.82) is 0 Å². The second-order valence-corrected chi connectivity index (χ2v) is 9.45. The number of halogens is 4. The minimum Gasteiger partial charge on any atom is -0.362 e. The fourth-order valence-electron chi connectivity index (χ4n) is 4.86. The van der Waals surface area contributed by atoms with E-state index in [9.17, 15) is 18.0 Å². The van der Waals surface area contributed by atoms with Crippen molar-refractivity contribution in [2.45, 2.75) is 19.1 Å². The van der Waals surface area contributed by atoms with Crippen LogP contribution in [-0.2, 0) is 6.18 Å². The van der Waals surface area contributed by atoms with E-state index in [1.807, 2.05) is 4.90 Å². The molecule has 3 aromatic rings. The van der Waals surface area contributed by atoms with Gasteiger partial charge in [-0.3, -0.25) is 4.79 Å². The van der Waals surface area contributed by atoms with Crippen molar-refractivity contribution in [1.82, 2.24) is 24.4 Å². The number of hydrogen-bond acceptors (Lipinski definition) is 5. The Kier molecular flexibility index (Phi) is 5.06. The Morgan fingerprint density at radius 1 is 1.21 bits per heavy atom. The van der Waals surface area contributed by atoms with E-state index >= 15 is 0 Å². The maximum atomic E-state index is 13.1. The van der Waals surface area contributed by atoms with Crippen molar-refractivity contribution in [3.63, 3.8) is 0 Å². The van der Waals surface area contributed by atoms with Gasteiger partial charge in [-0.2, -0.15) is 18.2 Å². The summed E-state index contributed by atoms with van der Waals surface area (Å²) in [5.41, 5.74) is 0.917. The first kappa shape index (κ1) is 22.0. The number of carbonyl (C=O) groups is 1. The third-order valence-electron chi connectivity index (χ3n) is 6.30. The average Bonchev–Trinajstić information content (AvgIpc) is 3.12. The Balaban J connectivity index is 1.38. The highest BCUT2D eigenvalue weighted by Crippen LogP contribution is 2.39. The van der Waals surface area contributed by atoms with Gasteiger partial charge in [-0.15, -0.1) is 5.10 Å². The average molecular weight is 479 g/mol. The molecule has 7 nitrogen and oxygen atoms in total. The Hall–Kier alpha value is -2.85. The van der Waals surface area contributed by atoms with Crippen LogP contribution in [0.3, 0.4) is 0 Å². The molecule has 0 saturated carbocycles. The van der Waals surface area contributed by atoms with Crippen LogP contribution in [0.2, 0.25) is 5.28 Å². The number of rotatable bonds is 4. The predicted molar refractivity (Wildman–Crippen MR) is 117 cm³/mol. The van der Waals surface area contributed by atoms with Crippen LogP contribution in [0.5, 0.6) is 0 Å². The van der Waals surface area contributed by atoms with Crippen molar-refractivity contribution in [3.05, 3.63) is 58.5 Å². The summed E-state index contributed by atoms with van der Waals surface area (Å²) in [7, 11) is 2.06. The number of nitrogens with zero attached hydrogens (tertiary/aromatic N) is 5. The monoisotopic (exact) mass is 478 g/mol. The number of benzene rings is 1. The lowest BCUT2D eigenvalue weighted by molar-refractivity contribution is -0.137. The molecule has 4 heterocycles. The summed E-state index contributed by atoms with van der Waals surface area (Å²) < 4.78 is 40.7. The van der Waals surface area contributed by atoms with E-state index in [0.29, 0.717) is 22.5 Å². The second kappa shape index (κ2) is 7.59. The van der Waals surface area contributed by atoms with Crippen LogP contribution >= 0.6 is 11.6 Å². The first-order valence-corrected chi connectivity index (χ1v) is 10.9. The molecule has 174 valence electrons. The molecule has 2 aliphatic heterocycles. The van der Waals surface area contributed by atoms with Crippen molar-refractivity contribution >= 4 is 28.8 Å². The SMILES string of the molecule is C[C@@H](Nc1nc(Cl)nn2cc(C(=O)N3CC4(CN(C)C4)C3)cc12)c1cccc(C(F)(F)F)c1. The summed E-state index contributed by atoms with van der Waals surface area (Å²) >= 11 is 6.07. The summed E-state index contributed by atoms with van der Waals surface area (Å²) in [6.45, 7) is 5.18. The van der Waals surface area contributed by atoms with Crippen LogP contribution in [0.15, 0.2) is 36.5 Å². The molecule has 2 fully saturated rings. The minimum absolute atomic E-state index is 0.0451. The summed E-state index contributed by atoms with van der Waals surface area (Å²) in [5, 5.41) is 7.21. The number of amides is 1. The molecule has 1 atom stereocenters. The van der Waals surface area contributed by atoms with E-state index in [-0.39, 0.29) is 16.6 Å². The molecule has 2 saturated heterocycles. The normalized spacial score (nSPS) is 18.8. The Bertz CT molecular complexity index is 1230. The first-order chi connectivity index (χ1) is 15.5. The lowest BCUT2D eigenvalue weighted by Gasteiger charge is -2.59. The van der Waals surface area contributed by atoms with E-state index in [1.165, 1.54) is 10.6 Å². The molecule has 2 aliphatic rings. The van der Waals surface area contributed by atoms with Gasteiger partial charge >= 0.3 is 6.18 Å². The molecule has 1 spiro atoms. The zero-order valence-corrected chi connectivity index (χ0v) is 18.8. The van der Waals surface area contributed by atoms with Gasteiger partial charge in [-0.05, 0) is 49.3 Å². The number of carbonyl (C=O) groups excluding carboxylic acids is 1. The van der Waals surface area contributed by atoms with Gasteiger partial charge in [0.2, 0.25) is 5.28 Å². The van der Waals surface area contributed by atoms with Gasteiger partial charge < -0.3 is 15.1 Å². The van der Waals surface area contributed by atoms with Crippen molar-refractivity contribution in [3.8, 4) is 0 Å². The number of likely N-dealkylation sites (tertiary alicyclic amines) is 2. The quantitative estimate of drug-likeness (QED) is 0.615. The summed E-state index contributed by atoms with van der Waals surface area (Å²) in [6, 6.07) is 6.29. The Morgan fingerprint density at radius 2 is 1.94 bits per heavy atom. The van der Waals surface area contributed by atoms with Crippen molar-refractivity contribution in [2.24, 2.45) is 5.41 Å². The van der Waals surface area contributed by atoms with Gasteiger partial charge in [-0.25, -0.2) is 4.52 Å². The van der Waals surface area contributed by atoms with Crippen LogP contribution in [0.4, 0.5) is 19.0 Å². The highest BCUT2D eigenvalue weighted by molar-refractivity contribution is 6.28. The maximum Gasteiger partial charge on any atom is 0.416 e. The molecule has 5 rings (SSSR count). The van der Waals surface area contributed by atoms with Crippen LogP contribution in [0.25, 0.3) is 5.52 Å². The zero-order valence-electron chi connectivity index (χ0n) is 18.0. The van der Waals surface area contributed by atoms with Gasteiger partial charge in [-0.1, -0.05) is 12.1 Å². The summed E-state index contributed by atoms with van der Waals surface area (Å²) in [4.78, 5) is 21.2. The lowest BCUT2D eigenvalue weighted by atomic mass is 9.73. The molecular weight excluding hydrogens is 457 g/mol. The summed E-state index contributed by atoms with van der Waals surface area (Å²) in [6.07, 6.45) is -2.83. The van der Waals surface area contributed by atoms with Gasteiger partial charge in [0, 0.05) is 37.8 Å². The molecule has 0 radical (unpaired) electrons. The van der Waals surface area contributed by atoms with Crippen LogP contribution < -0.4 is 5.32 Å². The fourth-order valence-corrected chi connectivity index (χ4v) is 5.02. The molecule has 0 unspecified atom stereocenters. The second-order valence-electron chi connectivity index (χ2n) is 9.11. The minimum atomic E-state index is -4.43. The van der Waals surface area contributed by atoms with E-state index in [1.54, 1.807) is 25.3 Å². The van der Waals surface area contributed by atoms with Crippen LogP contribution in [-0.4, -0.2) is 63.5 Å². The smallest absolute Gasteiger partial charge is 0.362 e. The molecule has 1 aromatic carbocycles. The van der Waals surface area contributed by atoms with E-state index in [0.717, 1.165) is 38.3 Å². The number of nitrogens with one attached hydrogen (secondary N) is 1. The zero-order chi connectivity index (χ0) is 23.5. The Morgan fingerprint density at radius 3 is 2.61 bits per heavy atom. The number of alkyl halides is 3. The number of hydrogen-bond donors (Lipinski definition) is 1. The molecular formula is C22H22ClF3N6O. The number of aromatic nitrogens is 3. The van der Waals surface area contributed by atoms with Gasteiger partial charge in [0.15, 0.2) is 5.82 Å². The van der Waals surface area contributed by atoms with Crippen LogP contribution in [0.1, 0.15) is 34.5 Å². The molecule has 11 heteroatoms. The largest absolute Gasteiger partial charge is 0.416 e. The molecule has 2 aromatic heterocycles. The molecule has 33 heavy (non-hydrogen) atoms. The molecule has 1 N–H and O–H groups in total. The molecule has 1 amide bonds. The maximum absolute atomic E-state index is 13.1. The third kappa shape index (κ3) is 4.02. The molecule has 0 aliphatic carbocycles. The number of fused-ring (bicyclic) bond motifs is 1. The molecule has 0 bridgehead atoms. The van der Waals surface area contributed by atoms with Crippen molar-refractivity contribution in [2.75, 3.05) is 38.5 Å². The standard InChI is InChI=1S/C22H22ClF3N6O/c1-13(14-4-3-5-16(6-14)22(24,25)26)27-18-17-7-15(8-32(17)29-20(23)28-18)19(33)31-11-21(12-31)9-30(2)10-21/h3-8,13H,9-12H2,1-2H3,(H,27,28,29)/t13-/m1/s1. The van der Waals surface area contributed by atoms with Gasteiger partial charge in [0.1, 0.15) is 5.52 Å². The van der Waals surface area contributed by atoms with Crippen molar-refractivity contribution < 1.29 is 18.0 Å². The fraction of sp³-hybridized carbons (Fsp3) is 0.409. The van der Waals surface area contributed by atoms with E-state index < -0.39 is 17.8 Å². The van der Waals surface area contributed by atoms with Gasteiger partial charge in [0.25, 0.3) is 5.91 Å². The third-order valence-corrected chi connectivity index (χ3v) is 6.46. The van der Waals surface area contributed by atoms with Gasteiger partial charge in [0.05, 0.1) is 17.2 Å².